The standard InChI is InChI=1S/C20H30S/c1-2-3-4-5-6-7-8-9-10-11-12-18-13-14-20-19(17-18)15-16-21-20/h13-17H,2-12H2,1H3. The number of thiophene rings is 1. The fraction of sp³-hybridized carbons (Fsp3) is 0.600. The van der Waals surface area contributed by atoms with Crippen molar-refractivity contribution >= 4 is 21.4 Å². The van der Waals surface area contributed by atoms with E-state index in [1.807, 2.05) is 11.3 Å². The molecule has 1 heterocycles. The third-order valence-electron chi connectivity index (χ3n) is 4.34. The van der Waals surface area contributed by atoms with Crippen LogP contribution >= 0.6 is 11.3 Å². The van der Waals surface area contributed by atoms with Gasteiger partial charge in [-0.1, -0.05) is 76.8 Å². The largest absolute Gasteiger partial charge is 0.144 e. The smallest absolute Gasteiger partial charge is 0.0342 e. The third kappa shape index (κ3) is 6.22. The van der Waals surface area contributed by atoms with Crippen LogP contribution < -0.4 is 0 Å². The van der Waals surface area contributed by atoms with Gasteiger partial charge >= 0.3 is 0 Å². The number of aryl methyl sites for hydroxylation is 1. The Morgan fingerprint density at radius 1 is 0.762 bits per heavy atom. The average Bonchev–Trinajstić information content (AvgIpc) is 2.97. The van der Waals surface area contributed by atoms with Crippen molar-refractivity contribution in [1.82, 2.24) is 0 Å². The molecule has 0 saturated carbocycles. The van der Waals surface area contributed by atoms with Crippen LogP contribution in [-0.4, -0.2) is 0 Å². The zero-order chi connectivity index (χ0) is 14.8. The van der Waals surface area contributed by atoms with Crippen molar-refractivity contribution < 1.29 is 0 Å². The molecule has 0 spiro atoms. The monoisotopic (exact) mass is 302 g/mol. The second kappa shape index (κ2) is 10.00. The summed E-state index contributed by atoms with van der Waals surface area (Å²) in [4.78, 5) is 0. The highest BCUT2D eigenvalue weighted by Gasteiger charge is 1.98. The van der Waals surface area contributed by atoms with Crippen molar-refractivity contribution in [3.05, 3.63) is 35.2 Å². The Hall–Kier alpha value is -0.820. The van der Waals surface area contributed by atoms with E-state index in [9.17, 15) is 0 Å². The van der Waals surface area contributed by atoms with Crippen molar-refractivity contribution in [2.45, 2.75) is 77.6 Å². The zero-order valence-corrected chi connectivity index (χ0v) is 14.4. The number of fused-ring (bicyclic) bond motifs is 1. The summed E-state index contributed by atoms with van der Waals surface area (Å²) in [5, 5.41) is 3.61. The molecule has 0 aliphatic heterocycles. The summed E-state index contributed by atoms with van der Waals surface area (Å²) in [5.74, 6) is 0. The summed E-state index contributed by atoms with van der Waals surface area (Å²) in [6.07, 6.45) is 15.5. The molecule has 0 aliphatic rings. The van der Waals surface area contributed by atoms with Gasteiger partial charge in [0, 0.05) is 4.70 Å². The molecule has 0 N–H and O–H groups in total. The first-order chi connectivity index (χ1) is 10.4. The average molecular weight is 303 g/mol. The van der Waals surface area contributed by atoms with E-state index in [4.69, 9.17) is 0 Å². The van der Waals surface area contributed by atoms with E-state index < -0.39 is 0 Å². The summed E-state index contributed by atoms with van der Waals surface area (Å²) in [5.41, 5.74) is 1.51. The van der Waals surface area contributed by atoms with Crippen molar-refractivity contribution in [2.75, 3.05) is 0 Å². The van der Waals surface area contributed by atoms with Crippen molar-refractivity contribution in [3.63, 3.8) is 0 Å². The molecule has 21 heavy (non-hydrogen) atoms. The van der Waals surface area contributed by atoms with Crippen LogP contribution in [0.1, 0.15) is 76.7 Å². The molecule has 0 radical (unpaired) electrons. The Morgan fingerprint density at radius 2 is 1.43 bits per heavy atom. The maximum atomic E-state index is 2.37. The van der Waals surface area contributed by atoms with Gasteiger partial charge in [-0.15, -0.1) is 11.3 Å². The lowest BCUT2D eigenvalue weighted by Gasteiger charge is -2.03. The van der Waals surface area contributed by atoms with E-state index in [2.05, 4.69) is 36.6 Å². The van der Waals surface area contributed by atoms with E-state index in [1.54, 1.807) is 0 Å². The summed E-state index contributed by atoms with van der Waals surface area (Å²) in [7, 11) is 0. The number of hydrogen-bond acceptors (Lipinski definition) is 1. The van der Waals surface area contributed by atoms with E-state index in [0.29, 0.717) is 0 Å². The van der Waals surface area contributed by atoms with E-state index in [1.165, 1.54) is 86.3 Å². The summed E-state index contributed by atoms with van der Waals surface area (Å²) in [6.45, 7) is 2.29. The second-order valence-corrected chi connectivity index (χ2v) is 7.17. The Labute approximate surface area is 134 Å². The van der Waals surface area contributed by atoms with Gasteiger partial charge in [0.15, 0.2) is 0 Å². The van der Waals surface area contributed by atoms with Crippen molar-refractivity contribution in [1.29, 1.82) is 0 Å². The summed E-state index contributed by atoms with van der Waals surface area (Å²) >= 11 is 1.84. The molecule has 2 aromatic rings. The summed E-state index contributed by atoms with van der Waals surface area (Å²) < 4.78 is 1.42. The molecule has 1 aromatic heterocycles. The number of hydrogen-bond donors (Lipinski definition) is 0. The van der Waals surface area contributed by atoms with Crippen LogP contribution in [0.5, 0.6) is 0 Å². The van der Waals surface area contributed by atoms with E-state index in [0.717, 1.165) is 0 Å². The second-order valence-electron chi connectivity index (χ2n) is 6.22. The van der Waals surface area contributed by atoms with Gasteiger partial charge in [-0.3, -0.25) is 0 Å². The fourth-order valence-electron chi connectivity index (χ4n) is 2.99. The SMILES string of the molecule is CCCCCCCCCCCCc1ccc2sccc2c1. The molecule has 0 unspecified atom stereocenters. The zero-order valence-electron chi connectivity index (χ0n) is 13.6. The number of benzene rings is 1. The van der Waals surface area contributed by atoms with Crippen LogP contribution in [0.25, 0.3) is 10.1 Å². The molecule has 0 fully saturated rings. The van der Waals surface area contributed by atoms with Gasteiger partial charge in [0.1, 0.15) is 0 Å². The fourth-order valence-corrected chi connectivity index (χ4v) is 3.76. The van der Waals surface area contributed by atoms with Crippen molar-refractivity contribution in [3.8, 4) is 0 Å². The highest BCUT2D eigenvalue weighted by Crippen LogP contribution is 2.22. The minimum absolute atomic E-state index is 1.25. The Morgan fingerprint density at radius 3 is 2.14 bits per heavy atom. The first kappa shape index (κ1) is 16.5. The van der Waals surface area contributed by atoms with E-state index >= 15 is 0 Å². The lowest BCUT2D eigenvalue weighted by molar-refractivity contribution is 0.556. The lowest BCUT2D eigenvalue weighted by Crippen LogP contribution is -1.86. The van der Waals surface area contributed by atoms with Gasteiger partial charge in [-0.2, -0.15) is 0 Å². The molecule has 0 bridgehead atoms. The van der Waals surface area contributed by atoms with E-state index in [-0.39, 0.29) is 0 Å². The molecule has 0 amide bonds. The van der Waals surface area contributed by atoms with Crippen LogP contribution in [0.2, 0.25) is 0 Å². The Bertz CT molecular complexity index is 497. The lowest BCUT2D eigenvalue weighted by atomic mass is 10.0. The van der Waals surface area contributed by atoms with Crippen LogP contribution in [0, 0.1) is 0 Å². The molecular weight excluding hydrogens is 272 g/mol. The Balaban J connectivity index is 1.49. The minimum Gasteiger partial charge on any atom is -0.144 e. The molecule has 116 valence electrons. The van der Waals surface area contributed by atoms with Crippen LogP contribution in [-0.2, 0) is 6.42 Å². The molecule has 0 aliphatic carbocycles. The Kier molecular flexibility index (Phi) is 7.88. The number of rotatable bonds is 11. The van der Waals surface area contributed by atoms with Gasteiger partial charge in [-0.05, 0) is 41.3 Å². The van der Waals surface area contributed by atoms with Gasteiger partial charge in [-0.25, -0.2) is 0 Å². The number of unbranched alkanes of at least 4 members (excludes halogenated alkanes) is 9. The van der Waals surface area contributed by atoms with Crippen LogP contribution in [0.4, 0.5) is 0 Å². The quantitative estimate of drug-likeness (QED) is 0.380. The highest BCUT2D eigenvalue weighted by atomic mass is 32.1. The van der Waals surface area contributed by atoms with Crippen LogP contribution in [0.3, 0.4) is 0 Å². The first-order valence-corrected chi connectivity index (χ1v) is 9.74. The predicted molar refractivity (Wildman–Crippen MR) is 97.4 cm³/mol. The third-order valence-corrected chi connectivity index (χ3v) is 5.23. The highest BCUT2D eigenvalue weighted by molar-refractivity contribution is 7.17. The molecule has 0 saturated heterocycles. The summed E-state index contributed by atoms with van der Waals surface area (Å²) in [6, 6.07) is 9.21. The van der Waals surface area contributed by atoms with Gasteiger partial charge < -0.3 is 0 Å². The molecule has 1 aromatic carbocycles. The van der Waals surface area contributed by atoms with Crippen molar-refractivity contribution in [2.24, 2.45) is 0 Å². The molecule has 0 nitrogen and oxygen atoms in total. The molecule has 0 atom stereocenters. The maximum Gasteiger partial charge on any atom is 0.0342 e. The van der Waals surface area contributed by atoms with Gasteiger partial charge in [0.2, 0.25) is 0 Å². The predicted octanol–water partition coefficient (Wildman–Crippen LogP) is 7.36. The minimum atomic E-state index is 1.25. The van der Waals surface area contributed by atoms with Gasteiger partial charge in [0.25, 0.3) is 0 Å². The first-order valence-electron chi connectivity index (χ1n) is 8.86. The topological polar surface area (TPSA) is 0 Å². The molecule has 1 heteroatoms. The molecule has 2 rings (SSSR count). The normalized spacial score (nSPS) is 11.3. The molecular formula is C20H30S. The van der Waals surface area contributed by atoms with Gasteiger partial charge in [0.05, 0.1) is 0 Å². The maximum absolute atomic E-state index is 2.37. The van der Waals surface area contributed by atoms with Crippen LogP contribution in [0.15, 0.2) is 29.6 Å².